The van der Waals surface area contributed by atoms with E-state index in [1.807, 2.05) is 11.6 Å². The monoisotopic (exact) mass is 325 g/mol. The van der Waals surface area contributed by atoms with E-state index in [-0.39, 0.29) is 16.8 Å². The van der Waals surface area contributed by atoms with Crippen molar-refractivity contribution in [1.82, 2.24) is 4.72 Å². The van der Waals surface area contributed by atoms with Crippen molar-refractivity contribution < 1.29 is 23.1 Å². The first-order chi connectivity index (χ1) is 10.3. The van der Waals surface area contributed by atoms with E-state index in [0.29, 0.717) is 18.5 Å². The Bertz CT molecular complexity index is 714. The van der Waals surface area contributed by atoms with Crippen LogP contribution in [-0.4, -0.2) is 32.9 Å². The van der Waals surface area contributed by atoms with Gasteiger partial charge >= 0.3 is 0 Å². The van der Waals surface area contributed by atoms with Gasteiger partial charge in [-0.15, -0.1) is 0 Å². The molecule has 0 spiro atoms. The fraction of sp³-hybridized carbons (Fsp3) is 0.429. The zero-order valence-corrected chi connectivity index (χ0v) is 13.1. The van der Waals surface area contributed by atoms with E-state index in [9.17, 15) is 23.1 Å². The highest BCUT2D eigenvalue weighted by atomic mass is 32.2. The highest BCUT2D eigenvalue weighted by Crippen LogP contribution is 2.34. The van der Waals surface area contributed by atoms with Gasteiger partial charge in [0.15, 0.2) is 0 Å². The van der Waals surface area contributed by atoms with Crippen molar-refractivity contribution >= 4 is 27.6 Å². The zero-order chi connectivity index (χ0) is 16.5. The molecule has 0 bridgehead atoms. The van der Waals surface area contributed by atoms with Gasteiger partial charge in [0.2, 0.25) is 15.9 Å². The smallest absolute Gasteiger partial charge is 0.240 e. The number of hydrogen-bond donors (Lipinski definition) is 1. The molecule has 1 aliphatic heterocycles. The topological polar surface area (TPSA) is 107 Å². The van der Waals surface area contributed by atoms with Gasteiger partial charge in [-0.05, 0) is 37.1 Å². The molecule has 0 aliphatic carbocycles. The van der Waals surface area contributed by atoms with Gasteiger partial charge in [-0.25, -0.2) is 13.1 Å². The molecule has 1 aromatic rings. The van der Waals surface area contributed by atoms with E-state index in [0.717, 1.165) is 5.56 Å². The van der Waals surface area contributed by atoms with Crippen LogP contribution in [0.15, 0.2) is 23.1 Å². The SMILES string of the molecule is CCC(=O)N1c2ccc(S(=O)(=O)NCC(=O)[O-])cc2CC1C. The number of sulfonamides is 1. The van der Waals surface area contributed by atoms with Crippen LogP contribution < -0.4 is 14.7 Å². The number of rotatable bonds is 5. The molecule has 0 radical (unpaired) electrons. The molecular weight excluding hydrogens is 308 g/mol. The van der Waals surface area contributed by atoms with Crippen molar-refractivity contribution in [2.45, 2.75) is 37.6 Å². The second-order valence-electron chi connectivity index (χ2n) is 5.16. The Morgan fingerprint density at radius 1 is 1.41 bits per heavy atom. The fourth-order valence-electron chi connectivity index (χ4n) is 2.56. The summed E-state index contributed by atoms with van der Waals surface area (Å²) in [7, 11) is -3.91. The summed E-state index contributed by atoms with van der Waals surface area (Å²) in [5.41, 5.74) is 1.46. The summed E-state index contributed by atoms with van der Waals surface area (Å²) in [5.74, 6) is -1.52. The molecule has 1 unspecified atom stereocenters. The Labute approximate surface area is 129 Å². The molecular formula is C14H17N2O5S-. The van der Waals surface area contributed by atoms with E-state index in [1.165, 1.54) is 12.1 Å². The van der Waals surface area contributed by atoms with E-state index in [2.05, 4.69) is 0 Å². The van der Waals surface area contributed by atoms with E-state index >= 15 is 0 Å². The van der Waals surface area contributed by atoms with E-state index in [1.54, 1.807) is 17.9 Å². The van der Waals surface area contributed by atoms with Gasteiger partial charge in [-0.2, -0.15) is 0 Å². The van der Waals surface area contributed by atoms with Crippen molar-refractivity contribution in [2.75, 3.05) is 11.4 Å². The maximum absolute atomic E-state index is 12.0. The lowest BCUT2D eigenvalue weighted by molar-refractivity contribution is -0.303. The van der Waals surface area contributed by atoms with Gasteiger partial charge in [-0.3, -0.25) is 4.79 Å². The molecule has 1 amide bonds. The van der Waals surface area contributed by atoms with Crippen molar-refractivity contribution in [3.63, 3.8) is 0 Å². The third-order valence-electron chi connectivity index (χ3n) is 3.55. The summed E-state index contributed by atoms with van der Waals surface area (Å²) in [4.78, 5) is 24.0. The molecule has 22 heavy (non-hydrogen) atoms. The van der Waals surface area contributed by atoms with Crippen LogP contribution in [0, 0.1) is 0 Å². The highest BCUT2D eigenvalue weighted by Gasteiger charge is 2.31. The Morgan fingerprint density at radius 2 is 2.09 bits per heavy atom. The first-order valence-corrected chi connectivity index (χ1v) is 8.39. The standard InChI is InChI=1S/C14H18N2O5S/c1-3-13(17)16-9(2)6-10-7-11(4-5-12(10)16)22(20,21)15-8-14(18)19/h4-5,7,9,15H,3,6,8H2,1-2H3,(H,18,19)/p-1. The third-order valence-corrected chi connectivity index (χ3v) is 4.95. The van der Waals surface area contributed by atoms with Crippen LogP contribution in [0.25, 0.3) is 0 Å². The van der Waals surface area contributed by atoms with Crippen LogP contribution in [0.5, 0.6) is 0 Å². The number of carbonyl (C=O) groups is 2. The molecule has 0 aromatic heterocycles. The fourth-order valence-corrected chi connectivity index (χ4v) is 3.58. The Kier molecular flexibility index (Phi) is 4.52. The van der Waals surface area contributed by atoms with Gasteiger partial charge in [0.1, 0.15) is 0 Å². The van der Waals surface area contributed by atoms with Crippen LogP contribution in [0.4, 0.5) is 5.69 Å². The largest absolute Gasteiger partial charge is 0.549 e. The van der Waals surface area contributed by atoms with Crippen molar-refractivity contribution in [3.05, 3.63) is 23.8 Å². The number of carboxylic acids is 1. The van der Waals surface area contributed by atoms with Crippen LogP contribution in [0.2, 0.25) is 0 Å². The number of carbonyl (C=O) groups excluding carboxylic acids is 2. The lowest BCUT2D eigenvalue weighted by Crippen LogP contribution is -2.37. The number of hydrogen-bond acceptors (Lipinski definition) is 5. The van der Waals surface area contributed by atoms with Crippen LogP contribution in [0.3, 0.4) is 0 Å². The molecule has 120 valence electrons. The van der Waals surface area contributed by atoms with Gasteiger partial charge in [-0.1, -0.05) is 6.92 Å². The van der Waals surface area contributed by atoms with Crippen LogP contribution >= 0.6 is 0 Å². The Balaban J connectivity index is 2.33. The number of benzene rings is 1. The van der Waals surface area contributed by atoms with Gasteiger partial charge < -0.3 is 14.8 Å². The van der Waals surface area contributed by atoms with E-state index < -0.39 is 22.5 Å². The molecule has 1 heterocycles. The summed E-state index contributed by atoms with van der Waals surface area (Å²) in [5, 5.41) is 10.4. The molecule has 0 fully saturated rings. The second kappa shape index (κ2) is 6.05. The number of anilines is 1. The molecule has 1 atom stereocenters. The Morgan fingerprint density at radius 3 is 2.68 bits per heavy atom. The maximum atomic E-state index is 12.0. The van der Waals surface area contributed by atoms with Crippen LogP contribution in [0.1, 0.15) is 25.8 Å². The van der Waals surface area contributed by atoms with Crippen molar-refractivity contribution in [3.8, 4) is 0 Å². The highest BCUT2D eigenvalue weighted by molar-refractivity contribution is 7.89. The summed E-state index contributed by atoms with van der Waals surface area (Å²) in [6.45, 7) is 2.89. The zero-order valence-electron chi connectivity index (χ0n) is 12.3. The quantitative estimate of drug-likeness (QED) is 0.778. The molecule has 1 aromatic carbocycles. The molecule has 2 rings (SSSR count). The normalized spacial score (nSPS) is 17.4. The molecule has 1 aliphatic rings. The minimum Gasteiger partial charge on any atom is -0.549 e. The number of nitrogens with one attached hydrogen (secondary N) is 1. The summed E-state index contributed by atoms with van der Waals surface area (Å²) >= 11 is 0. The predicted octanol–water partition coefficient (Wildman–Crippen LogP) is -0.598. The molecule has 7 nitrogen and oxygen atoms in total. The summed E-state index contributed by atoms with van der Waals surface area (Å²) < 4.78 is 26.0. The van der Waals surface area contributed by atoms with Crippen molar-refractivity contribution in [1.29, 1.82) is 0 Å². The van der Waals surface area contributed by atoms with Gasteiger partial charge in [0.25, 0.3) is 0 Å². The average molecular weight is 325 g/mol. The summed E-state index contributed by atoms with van der Waals surface area (Å²) in [6.07, 6.45) is 0.932. The maximum Gasteiger partial charge on any atom is 0.240 e. The van der Waals surface area contributed by atoms with Gasteiger partial charge in [0.05, 0.1) is 17.4 Å². The average Bonchev–Trinajstić information content (AvgIpc) is 2.79. The van der Waals surface area contributed by atoms with Gasteiger partial charge in [0, 0.05) is 18.2 Å². The molecule has 0 saturated heterocycles. The lowest BCUT2D eigenvalue weighted by Gasteiger charge is -2.22. The van der Waals surface area contributed by atoms with Crippen molar-refractivity contribution in [2.24, 2.45) is 0 Å². The third kappa shape index (κ3) is 3.12. The number of aliphatic carboxylic acids is 1. The predicted molar refractivity (Wildman–Crippen MR) is 77.6 cm³/mol. The number of amides is 1. The minimum atomic E-state index is -3.91. The number of fused-ring (bicyclic) bond motifs is 1. The Hall–Kier alpha value is -1.93. The van der Waals surface area contributed by atoms with Crippen LogP contribution in [-0.2, 0) is 26.0 Å². The molecule has 8 heteroatoms. The molecule has 0 saturated carbocycles. The minimum absolute atomic E-state index is 0.0167. The lowest BCUT2D eigenvalue weighted by atomic mass is 10.1. The number of carboxylic acid groups (broad SMARTS) is 1. The second-order valence-corrected chi connectivity index (χ2v) is 6.92. The first-order valence-electron chi connectivity index (χ1n) is 6.90. The number of nitrogens with zero attached hydrogens (tertiary/aromatic N) is 1. The van der Waals surface area contributed by atoms with E-state index in [4.69, 9.17) is 0 Å². The molecule has 1 N–H and O–H groups in total. The first kappa shape index (κ1) is 16.4. The summed E-state index contributed by atoms with van der Waals surface area (Å²) in [6, 6.07) is 4.40.